The van der Waals surface area contributed by atoms with Gasteiger partial charge in [0, 0.05) is 13.6 Å². The van der Waals surface area contributed by atoms with Crippen LogP contribution >= 0.6 is 0 Å². The van der Waals surface area contributed by atoms with E-state index >= 15 is 0 Å². The smallest absolute Gasteiger partial charge is 0.410 e. The fourth-order valence-corrected chi connectivity index (χ4v) is 2.19. The van der Waals surface area contributed by atoms with Crippen molar-refractivity contribution in [2.24, 2.45) is 5.73 Å². The predicted octanol–water partition coefficient (Wildman–Crippen LogP) is 0.953. The molecular formula is C17H25N3O5. The number of carboxylic acids is 1. The molecule has 1 aromatic carbocycles. The molecule has 0 saturated heterocycles. The van der Waals surface area contributed by atoms with Crippen molar-refractivity contribution in [3.63, 3.8) is 0 Å². The van der Waals surface area contributed by atoms with Crippen LogP contribution in [0.25, 0.3) is 0 Å². The molecule has 8 heteroatoms. The Labute approximate surface area is 146 Å². The second-order valence-electron chi connectivity index (χ2n) is 5.55. The number of likely N-dealkylation sites (N-methyl/N-ethyl adjacent to an activating group) is 1. The van der Waals surface area contributed by atoms with Crippen LogP contribution in [-0.4, -0.2) is 54.2 Å². The average Bonchev–Trinajstić information content (AvgIpc) is 2.62. The average molecular weight is 351 g/mol. The highest BCUT2D eigenvalue weighted by atomic mass is 16.6. The van der Waals surface area contributed by atoms with Gasteiger partial charge < -0.3 is 20.9 Å². The van der Waals surface area contributed by atoms with Crippen LogP contribution < -0.4 is 11.1 Å². The van der Waals surface area contributed by atoms with Crippen LogP contribution in [-0.2, 0) is 20.9 Å². The molecule has 0 heterocycles. The van der Waals surface area contributed by atoms with E-state index in [1.807, 2.05) is 30.3 Å². The number of ether oxygens (including phenoxy) is 1. The summed E-state index contributed by atoms with van der Waals surface area (Å²) in [6.45, 7) is 0.430. The third kappa shape index (κ3) is 7.67. The summed E-state index contributed by atoms with van der Waals surface area (Å²) in [7, 11) is 1.41. The Bertz CT molecular complexity index is 565. The molecule has 0 spiro atoms. The van der Waals surface area contributed by atoms with Gasteiger partial charge in [-0.1, -0.05) is 30.3 Å². The molecule has 0 aromatic heterocycles. The maximum atomic E-state index is 12.0. The van der Waals surface area contributed by atoms with Crippen molar-refractivity contribution >= 4 is 18.0 Å². The second kappa shape index (κ2) is 11.0. The van der Waals surface area contributed by atoms with Gasteiger partial charge in [-0.2, -0.15) is 0 Å². The number of hydrogen-bond acceptors (Lipinski definition) is 5. The highest BCUT2D eigenvalue weighted by Crippen LogP contribution is 2.10. The van der Waals surface area contributed by atoms with Gasteiger partial charge in [0.1, 0.15) is 12.6 Å². The summed E-state index contributed by atoms with van der Waals surface area (Å²) < 4.78 is 5.15. The second-order valence-corrected chi connectivity index (χ2v) is 5.55. The number of hydrogen-bond donors (Lipinski definition) is 3. The number of carboxylic acid groups (broad SMARTS) is 1. The number of carbonyl (C=O) groups excluding carboxylic acids is 2. The van der Waals surface area contributed by atoms with Gasteiger partial charge in [-0.3, -0.25) is 9.69 Å². The van der Waals surface area contributed by atoms with Crippen LogP contribution in [0.1, 0.15) is 24.8 Å². The number of nitrogens with one attached hydrogen (secondary N) is 1. The van der Waals surface area contributed by atoms with Crippen LogP contribution in [0.4, 0.5) is 4.79 Å². The van der Waals surface area contributed by atoms with Gasteiger partial charge in [-0.25, -0.2) is 9.59 Å². The molecular weight excluding hydrogens is 326 g/mol. The molecule has 0 aliphatic carbocycles. The molecule has 0 bridgehead atoms. The van der Waals surface area contributed by atoms with Crippen molar-refractivity contribution in [3.05, 3.63) is 35.9 Å². The Morgan fingerprint density at radius 3 is 2.52 bits per heavy atom. The van der Waals surface area contributed by atoms with Crippen molar-refractivity contribution < 1.29 is 24.2 Å². The predicted molar refractivity (Wildman–Crippen MR) is 91.7 cm³/mol. The van der Waals surface area contributed by atoms with E-state index < -0.39 is 18.1 Å². The zero-order chi connectivity index (χ0) is 18.7. The molecule has 0 saturated carbocycles. The SMILES string of the molecule is CN(C(=O)OCc1ccccc1)[C@@H](CCCCNC(=O)CN)C(=O)O. The maximum absolute atomic E-state index is 12.0. The van der Waals surface area contributed by atoms with Crippen LogP contribution in [0.15, 0.2) is 30.3 Å². The van der Waals surface area contributed by atoms with E-state index in [9.17, 15) is 19.5 Å². The Hall–Kier alpha value is -2.61. The molecule has 138 valence electrons. The lowest BCUT2D eigenvalue weighted by atomic mass is 10.1. The van der Waals surface area contributed by atoms with E-state index in [0.717, 1.165) is 10.5 Å². The number of carbonyl (C=O) groups is 3. The Morgan fingerprint density at radius 1 is 1.24 bits per heavy atom. The third-order valence-electron chi connectivity index (χ3n) is 3.66. The summed E-state index contributed by atoms with van der Waals surface area (Å²) in [5.41, 5.74) is 6.00. The van der Waals surface area contributed by atoms with Crippen LogP contribution in [0.3, 0.4) is 0 Å². The number of rotatable bonds is 10. The topological polar surface area (TPSA) is 122 Å². The van der Waals surface area contributed by atoms with Crippen LogP contribution in [0, 0.1) is 0 Å². The first kappa shape index (κ1) is 20.4. The highest BCUT2D eigenvalue weighted by molar-refractivity contribution is 5.79. The minimum absolute atomic E-state index is 0.0757. The van der Waals surface area contributed by atoms with Crippen LogP contribution in [0.5, 0.6) is 0 Å². The monoisotopic (exact) mass is 351 g/mol. The molecule has 8 nitrogen and oxygen atoms in total. The van der Waals surface area contributed by atoms with Gasteiger partial charge in [0.2, 0.25) is 5.91 Å². The largest absolute Gasteiger partial charge is 0.480 e. The number of amides is 2. The summed E-state index contributed by atoms with van der Waals surface area (Å²) in [4.78, 5) is 35.5. The van der Waals surface area contributed by atoms with Crippen molar-refractivity contribution in [3.8, 4) is 0 Å². The number of nitrogens with zero attached hydrogens (tertiary/aromatic N) is 1. The normalized spacial score (nSPS) is 11.4. The first-order valence-corrected chi connectivity index (χ1v) is 8.08. The Morgan fingerprint density at radius 2 is 1.92 bits per heavy atom. The van der Waals surface area contributed by atoms with Gasteiger partial charge in [0.15, 0.2) is 0 Å². The lowest BCUT2D eigenvalue weighted by Crippen LogP contribution is -2.42. The van der Waals surface area contributed by atoms with E-state index in [4.69, 9.17) is 10.5 Å². The molecule has 0 unspecified atom stereocenters. The summed E-state index contributed by atoms with van der Waals surface area (Å²) in [5, 5.41) is 11.9. The fourth-order valence-electron chi connectivity index (χ4n) is 2.19. The molecule has 4 N–H and O–H groups in total. The van der Waals surface area contributed by atoms with Gasteiger partial charge in [0.05, 0.1) is 6.54 Å². The van der Waals surface area contributed by atoms with Gasteiger partial charge in [-0.05, 0) is 24.8 Å². The number of benzene rings is 1. The molecule has 1 aromatic rings. The lowest BCUT2D eigenvalue weighted by molar-refractivity contribution is -0.142. The van der Waals surface area contributed by atoms with E-state index in [-0.39, 0.29) is 25.5 Å². The summed E-state index contributed by atoms with van der Waals surface area (Å²) in [5.74, 6) is -1.35. The third-order valence-corrected chi connectivity index (χ3v) is 3.66. The summed E-state index contributed by atoms with van der Waals surface area (Å²) >= 11 is 0. The van der Waals surface area contributed by atoms with Gasteiger partial charge >= 0.3 is 12.1 Å². The number of aliphatic carboxylic acids is 1. The standard InChI is InChI=1S/C17H25N3O5/c1-20(17(24)25-12-13-7-3-2-4-8-13)14(16(22)23)9-5-6-10-19-15(21)11-18/h2-4,7-8,14H,5-6,9-12,18H2,1H3,(H,19,21)(H,22,23)/t14-/m0/s1. The molecule has 0 fully saturated rings. The zero-order valence-corrected chi connectivity index (χ0v) is 14.3. The lowest BCUT2D eigenvalue weighted by Gasteiger charge is -2.24. The van der Waals surface area contributed by atoms with Crippen LogP contribution in [0.2, 0.25) is 0 Å². The first-order valence-electron chi connectivity index (χ1n) is 8.08. The molecule has 1 atom stereocenters. The Kier molecular flexibility index (Phi) is 9.02. The van der Waals surface area contributed by atoms with Gasteiger partial charge in [-0.15, -0.1) is 0 Å². The highest BCUT2D eigenvalue weighted by Gasteiger charge is 2.27. The minimum Gasteiger partial charge on any atom is -0.480 e. The van der Waals surface area contributed by atoms with E-state index in [1.165, 1.54) is 7.05 Å². The van der Waals surface area contributed by atoms with Crippen molar-refractivity contribution in [2.45, 2.75) is 31.9 Å². The van der Waals surface area contributed by atoms with E-state index in [2.05, 4.69) is 5.32 Å². The summed E-state index contributed by atoms with van der Waals surface area (Å²) in [6.07, 6.45) is 0.721. The summed E-state index contributed by atoms with van der Waals surface area (Å²) in [6, 6.07) is 8.17. The van der Waals surface area contributed by atoms with E-state index in [0.29, 0.717) is 19.4 Å². The first-order chi connectivity index (χ1) is 12.0. The molecule has 0 aliphatic rings. The maximum Gasteiger partial charge on any atom is 0.410 e. The minimum atomic E-state index is -1.09. The van der Waals surface area contributed by atoms with Crippen molar-refractivity contribution in [1.29, 1.82) is 0 Å². The molecule has 1 rings (SSSR count). The zero-order valence-electron chi connectivity index (χ0n) is 14.3. The molecule has 2 amide bonds. The number of unbranched alkanes of at least 4 members (excludes halogenated alkanes) is 1. The fraction of sp³-hybridized carbons (Fsp3) is 0.471. The molecule has 0 aliphatic heterocycles. The number of nitrogens with two attached hydrogens (primary N) is 1. The van der Waals surface area contributed by atoms with Crippen molar-refractivity contribution in [2.75, 3.05) is 20.1 Å². The Balaban J connectivity index is 2.41. The van der Waals surface area contributed by atoms with Gasteiger partial charge in [0.25, 0.3) is 0 Å². The quantitative estimate of drug-likeness (QED) is 0.540. The molecule has 0 radical (unpaired) electrons. The molecule has 25 heavy (non-hydrogen) atoms. The van der Waals surface area contributed by atoms with E-state index in [1.54, 1.807) is 0 Å². The van der Waals surface area contributed by atoms with Crippen molar-refractivity contribution in [1.82, 2.24) is 10.2 Å².